The second-order valence-corrected chi connectivity index (χ2v) is 8.62. The Morgan fingerprint density at radius 1 is 1.04 bits per heavy atom. The molecule has 0 heterocycles. The van der Waals surface area contributed by atoms with Crippen LogP contribution in [-0.2, 0) is 26.2 Å². The van der Waals surface area contributed by atoms with E-state index in [1.165, 1.54) is 26.2 Å². The monoisotopic (exact) mass is 409 g/mol. The molecule has 0 unspecified atom stereocenters. The van der Waals surface area contributed by atoms with Crippen LogP contribution in [0, 0.1) is 6.92 Å². The van der Waals surface area contributed by atoms with Crippen molar-refractivity contribution in [2.24, 2.45) is 0 Å². The number of carbonyl (C=O) groups excluding carboxylic acids is 2. The van der Waals surface area contributed by atoms with Crippen LogP contribution < -0.4 is 10.6 Å². The third kappa shape index (κ3) is 5.29. The van der Waals surface area contributed by atoms with E-state index in [0.29, 0.717) is 16.3 Å². The van der Waals surface area contributed by atoms with Gasteiger partial charge in [-0.3, -0.25) is 9.59 Å². The van der Waals surface area contributed by atoms with Crippen LogP contribution in [0.1, 0.15) is 11.1 Å². The first-order valence-corrected chi connectivity index (χ1v) is 9.80. The van der Waals surface area contributed by atoms with Crippen molar-refractivity contribution >= 4 is 39.1 Å². The first kappa shape index (κ1) is 20.9. The lowest BCUT2D eigenvalue weighted by Gasteiger charge is -2.12. The second-order valence-electron chi connectivity index (χ2n) is 6.03. The lowest BCUT2D eigenvalue weighted by molar-refractivity contribution is -0.136. The Morgan fingerprint density at radius 3 is 2.22 bits per heavy atom. The number of sulfonamides is 1. The van der Waals surface area contributed by atoms with Gasteiger partial charge >= 0.3 is 11.8 Å². The van der Waals surface area contributed by atoms with Crippen LogP contribution in [0.4, 0.5) is 5.69 Å². The number of halogens is 1. The number of aryl methyl sites for hydroxylation is 1. The van der Waals surface area contributed by atoms with Gasteiger partial charge in [-0.25, -0.2) is 12.7 Å². The highest BCUT2D eigenvalue weighted by atomic mass is 35.5. The summed E-state index contributed by atoms with van der Waals surface area (Å²) in [5.41, 5.74) is 1.90. The second kappa shape index (κ2) is 8.51. The number of nitrogens with zero attached hydrogens (tertiary/aromatic N) is 1. The predicted octanol–water partition coefficient (Wildman–Crippen LogP) is 2.15. The maximum Gasteiger partial charge on any atom is 0.313 e. The molecule has 0 atom stereocenters. The standard InChI is InChI=1S/C18H20ClN3O4S/c1-12-10-14(19)6-9-16(12)21-18(24)17(23)20-11-13-4-7-15(8-5-13)27(25,26)22(2)3/h4-10H,11H2,1-3H3,(H,20,23)(H,21,24). The summed E-state index contributed by atoms with van der Waals surface area (Å²) in [6, 6.07) is 11.0. The van der Waals surface area contributed by atoms with Crippen LogP contribution in [0.3, 0.4) is 0 Å². The van der Waals surface area contributed by atoms with Crippen molar-refractivity contribution in [2.45, 2.75) is 18.4 Å². The molecule has 0 bridgehead atoms. The van der Waals surface area contributed by atoms with Crippen LogP contribution in [0.5, 0.6) is 0 Å². The van der Waals surface area contributed by atoms with Crippen LogP contribution >= 0.6 is 11.6 Å². The van der Waals surface area contributed by atoms with Gasteiger partial charge in [0.2, 0.25) is 10.0 Å². The van der Waals surface area contributed by atoms with Crippen molar-refractivity contribution in [2.75, 3.05) is 19.4 Å². The van der Waals surface area contributed by atoms with Crippen LogP contribution in [0.2, 0.25) is 5.02 Å². The molecule has 0 radical (unpaired) electrons. The van der Waals surface area contributed by atoms with Crippen LogP contribution in [-0.4, -0.2) is 38.6 Å². The van der Waals surface area contributed by atoms with Gasteiger partial charge < -0.3 is 10.6 Å². The zero-order valence-corrected chi connectivity index (χ0v) is 16.7. The summed E-state index contributed by atoms with van der Waals surface area (Å²) in [4.78, 5) is 24.1. The van der Waals surface area contributed by atoms with Gasteiger partial charge in [-0.05, 0) is 48.4 Å². The number of rotatable bonds is 5. The number of hydrogen-bond acceptors (Lipinski definition) is 4. The van der Waals surface area contributed by atoms with Gasteiger partial charge in [0, 0.05) is 31.4 Å². The Kier molecular flexibility index (Phi) is 6.59. The average Bonchev–Trinajstić information content (AvgIpc) is 2.62. The van der Waals surface area contributed by atoms with Crippen LogP contribution in [0.15, 0.2) is 47.4 Å². The van der Waals surface area contributed by atoms with E-state index in [4.69, 9.17) is 11.6 Å². The Bertz CT molecular complexity index is 957. The van der Waals surface area contributed by atoms with Gasteiger partial charge in [-0.2, -0.15) is 0 Å². The zero-order chi connectivity index (χ0) is 20.2. The average molecular weight is 410 g/mol. The van der Waals surface area contributed by atoms with E-state index in [2.05, 4.69) is 10.6 Å². The van der Waals surface area contributed by atoms with Gasteiger partial charge in [0.05, 0.1) is 4.90 Å². The summed E-state index contributed by atoms with van der Waals surface area (Å²) < 4.78 is 25.1. The quantitative estimate of drug-likeness (QED) is 0.739. The Morgan fingerprint density at radius 2 is 1.67 bits per heavy atom. The summed E-state index contributed by atoms with van der Waals surface area (Å²) in [6.07, 6.45) is 0. The summed E-state index contributed by atoms with van der Waals surface area (Å²) in [5, 5.41) is 5.55. The van der Waals surface area contributed by atoms with E-state index in [0.717, 1.165) is 9.87 Å². The van der Waals surface area contributed by atoms with E-state index >= 15 is 0 Å². The molecular weight excluding hydrogens is 390 g/mol. The minimum atomic E-state index is -3.51. The van der Waals surface area contributed by atoms with Crippen molar-refractivity contribution < 1.29 is 18.0 Å². The van der Waals surface area contributed by atoms with Crippen LogP contribution in [0.25, 0.3) is 0 Å². The fourth-order valence-electron chi connectivity index (χ4n) is 2.20. The lowest BCUT2D eigenvalue weighted by Crippen LogP contribution is -2.35. The van der Waals surface area contributed by atoms with Gasteiger partial charge in [-0.1, -0.05) is 23.7 Å². The van der Waals surface area contributed by atoms with E-state index in [1.54, 1.807) is 37.3 Å². The molecule has 9 heteroatoms. The maximum atomic E-state index is 12.0. The molecule has 2 rings (SSSR count). The zero-order valence-electron chi connectivity index (χ0n) is 15.1. The first-order chi connectivity index (χ1) is 12.6. The molecule has 7 nitrogen and oxygen atoms in total. The minimum absolute atomic E-state index is 0.0914. The molecule has 2 aromatic rings. The van der Waals surface area contributed by atoms with Gasteiger partial charge in [0.1, 0.15) is 0 Å². The molecule has 0 saturated heterocycles. The molecule has 0 aliphatic rings. The topological polar surface area (TPSA) is 95.6 Å². The fraction of sp³-hybridized carbons (Fsp3) is 0.222. The van der Waals surface area contributed by atoms with E-state index in [-0.39, 0.29) is 11.4 Å². The number of hydrogen-bond donors (Lipinski definition) is 2. The summed E-state index contributed by atoms with van der Waals surface area (Å²) in [5.74, 6) is -1.60. The lowest BCUT2D eigenvalue weighted by atomic mass is 10.2. The van der Waals surface area contributed by atoms with Gasteiger partial charge in [-0.15, -0.1) is 0 Å². The largest absolute Gasteiger partial charge is 0.344 e. The normalized spacial score (nSPS) is 11.3. The molecule has 0 aromatic heterocycles. The molecule has 144 valence electrons. The maximum absolute atomic E-state index is 12.0. The smallest absolute Gasteiger partial charge is 0.313 e. The molecular formula is C18H20ClN3O4S. The molecule has 0 spiro atoms. The number of nitrogens with one attached hydrogen (secondary N) is 2. The fourth-order valence-corrected chi connectivity index (χ4v) is 3.33. The first-order valence-electron chi connectivity index (χ1n) is 7.98. The minimum Gasteiger partial charge on any atom is -0.344 e. The van der Waals surface area contributed by atoms with Crippen molar-refractivity contribution in [1.29, 1.82) is 0 Å². The van der Waals surface area contributed by atoms with Crippen molar-refractivity contribution in [3.63, 3.8) is 0 Å². The Balaban J connectivity index is 1.96. The SMILES string of the molecule is Cc1cc(Cl)ccc1NC(=O)C(=O)NCc1ccc(S(=O)(=O)N(C)C)cc1. The summed E-state index contributed by atoms with van der Waals surface area (Å²) >= 11 is 5.86. The molecule has 0 saturated carbocycles. The predicted molar refractivity (Wildman–Crippen MR) is 104 cm³/mol. The molecule has 2 amide bonds. The highest BCUT2D eigenvalue weighted by Gasteiger charge is 2.17. The molecule has 27 heavy (non-hydrogen) atoms. The molecule has 0 fully saturated rings. The number of amides is 2. The Labute approximate surface area is 163 Å². The molecule has 2 aromatic carbocycles. The van der Waals surface area contributed by atoms with Gasteiger partial charge in [0.25, 0.3) is 0 Å². The van der Waals surface area contributed by atoms with Crippen molar-refractivity contribution in [1.82, 2.24) is 9.62 Å². The van der Waals surface area contributed by atoms with E-state index < -0.39 is 21.8 Å². The molecule has 0 aliphatic carbocycles. The number of anilines is 1. The van der Waals surface area contributed by atoms with Crippen molar-refractivity contribution in [3.05, 3.63) is 58.6 Å². The Hall–Kier alpha value is -2.42. The van der Waals surface area contributed by atoms with Gasteiger partial charge in [0.15, 0.2) is 0 Å². The highest BCUT2D eigenvalue weighted by molar-refractivity contribution is 7.89. The third-order valence-corrected chi connectivity index (χ3v) is 5.86. The summed E-state index contributed by atoms with van der Waals surface area (Å²) in [6.45, 7) is 1.86. The molecule has 0 aliphatic heterocycles. The van der Waals surface area contributed by atoms with E-state index in [9.17, 15) is 18.0 Å². The highest BCUT2D eigenvalue weighted by Crippen LogP contribution is 2.19. The third-order valence-electron chi connectivity index (χ3n) is 3.80. The van der Waals surface area contributed by atoms with Crippen molar-refractivity contribution in [3.8, 4) is 0 Å². The van der Waals surface area contributed by atoms with E-state index in [1.807, 2.05) is 0 Å². The number of benzene rings is 2. The molecule has 2 N–H and O–H groups in total. The summed E-state index contributed by atoms with van der Waals surface area (Å²) in [7, 11) is -0.610. The number of carbonyl (C=O) groups is 2.